The lowest BCUT2D eigenvalue weighted by Crippen LogP contribution is -2.32. The van der Waals surface area contributed by atoms with E-state index in [2.05, 4.69) is 11.3 Å². The van der Waals surface area contributed by atoms with Crippen LogP contribution in [0.1, 0.15) is 26.2 Å². The van der Waals surface area contributed by atoms with Crippen LogP contribution in [0.3, 0.4) is 0 Å². The van der Waals surface area contributed by atoms with Crippen molar-refractivity contribution in [2.75, 3.05) is 20.2 Å². The lowest BCUT2D eigenvalue weighted by molar-refractivity contribution is -0.141. The largest absolute Gasteiger partial charge is 0.469 e. The summed E-state index contributed by atoms with van der Waals surface area (Å²) in [5.74, 6) is -0.230. The molecule has 0 saturated heterocycles. The molecule has 0 aromatic rings. The van der Waals surface area contributed by atoms with Gasteiger partial charge in [-0.1, -0.05) is 6.08 Å². The number of methoxy groups -OCH3 is 1. The summed E-state index contributed by atoms with van der Waals surface area (Å²) >= 11 is 0. The molecule has 0 aliphatic heterocycles. The van der Waals surface area contributed by atoms with E-state index in [4.69, 9.17) is 0 Å². The number of nitrogens with zero attached hydrogens (tertiary/aromatic N) is 1. The first-order valence-corrected chi connectivity index (χ1v) is 5.11. The summed E-state index contributed by atoms with van der Waals surface area (Å²) in [5, 5.41) is 0. The summed E-state index contributed by atoms with van der Waals surface area (Å²) in [6.07, 6.45) is 3.10. The Kier molecular flexibility index (Phi) is 7.32. The van der Waals surface area contributed by atoms with Crippen molar-refractivity contribution in [3.63, 3.8) is 0 Å². The number of allylic oxidation sites excluding steroid dienone is 1. The van der Waals surface area contributed by atoms with Crippen molar-refractivity contribution in [3.05, 3.63) is 12.7 Å². The first-order valence-electron chi connectivity index (χ1n) is 5.11. The molecule has 0 atom stereocenters. The van der Waals surface area contributed by atoms with E-state index in [9.17, 15) is 9.59 Å². The minimum absolute atomic E-state index is 0.0568. The lowest BCUT2D eigenvalue weighted by Gasteiger charge is -2.19. The zero-order chi connectivity index (χ0) is 11.7. The standard InChI is InChI=1S/C11H19NO3/c1-4-6-7-10(13)12(5-2)9-8-11(14)15-3/h4H,1,5-9H2,2-3H3. The fourth-order valence-electron chi connectivity index (χ4n) is 1.17. The Morgan fingerprint density at radius 1 is 1.40 bits per heavy atom. The molecule has 86 valence electrons. The number of ether oxygens (including phenoxy) is 1. The molecule has 4 heteroatoms. The van der Waals surface area contributed by atoms with Crippen LogP contribution in [0.25, 0.3) is 0 Å². The van der Waals surface area contributed by atoms with Gasteiger partial charge in [-0.2, -0.15) is 0 Å². The molecule has 0 saturated carbocycles. The lowest BCUT2D eigenvalue weighted by atomic mass is 10.2. The molecule has 15 heavy (non-hydrogen) atoms. The van der Waals surface area contributed by atoms with Crippen LogP contribution in [-0.4, -0.2) is 37.0 Å². The molecule has 0 aromatic heterocycles. The summed E-state index contributed by atoms with van der Waals surface area (Å²) in [5.41, 5.74) is 0. The van der Waals surface area contributed by atoms with Crippen LogP contribution in [0.2, 0.25) is 0 Å². The first kappa shape index (κ1) is 13.7. The van der Waals surface area contributed by atoms with E-state index in [0.717, 1.165) is 0 Å². The van der Waals surface area contributed by atoms with Crippen molar-refractivity contribution in [1.82, 2.24) is 4.90 Å². The predicted octanol–water partition coefficient (Wildman–Crippen LogP) is 1.36. The van der Waals surface area contributed by atoms with E-state index in [0.29, 0.717) is 25.9 Å². The smallest absolute Gasteiger partial charge is 0.307 e. The van der Waals surface area contributed by atoms with E-state index in [1.54, 1.807) is 11.0 Å². The topological polar surface area (TPSA) is 46.6 Å². The fourth-order valence-corrected chi connectivity index (χ4v) is 1.17. The maximum Gasteiger partial charge on any atom is 0.307 e. The van der Waals surface area contributed by atoms with Crippen LogP contribution < -0.4 is 0 Å². The fraction of sp³-hybridized carbons (Fsp3) is 0.636. The highest BCUT2D eigenvalue weighted by atomic mass is 16.5. The Hall–Kier alpha value is -1.32. The molecule has 1 amide bonds. The molecule has 0 rings (SSSR count). The van der Waals surface area contributed by atoms with Gasteiger partial charge in [-0.3, -0.25) is 9.59 Å². The molecule has 0 fully saturated rings. The monoisotopic (exact) mass is 213 g/mol. The van der Waals surface area contributed by atoms with Gasteiger partial charge >= 0.3 is 5.97 Å². The molecule has 0 aliphatic rings. The van der Waals surface area contributed by atoms with Gasteiger partial charge in [0.2, 0.25) is 5.91 Å². The van der Waals surface area contributed by atoms with E-state index < -0.39 is 0 Å². The van der Waals surface area contributed by atoms with Crippen molar-refractivity contribution in [2.24, 2.45) is 0 Å². The van der Waals surface area contributed by atoms with Crippen molar-refractivity contribution in [2.45, 2.75) is 26.2 Å². The van der Waals surface area contributed by atoms with Crippen LogP contribution in [0, 0.1) is 0 Å². The number of carbonyl (C=O) groups is 2. The maximum absolute atomic E-state index is 11.6. The van der Waals surface area contributed by atoms with E-state index in [1.807, 2.05) is 6.92 Å². The van der Waals surface area contributed by atoms with Crippen LogP contribution in [0.4, 0.5) is 0 Å². The summed E-state index contributed by atoms with van der Waals surface area (Å²) in [7, 11) is 1.35. The number of amides is 1. The van der Waals surface area contributed by atoms with E-state index in [1.165, 1.54) is 7.11 Å². The van der Waals surface area contributed by atoms with Crippen molar-refractivity contribution in [3.8, 4) is 0 Å². The van der Waals surface area contributed by atoms with Gasteiger partial charge in [0.05, 0.1) is 13.5 Å². The summed E-state index contributed by atoms with van der Waals surface area (Å²) < 4.78 is 4.51. The number of hydrogen-bond acceptors (Lipinski definition) is 3. The number of carbonyl (C=O) groups excluding carboxylic acids is 2. The molecule has 0 heterocycles. The second-order valence-electron chi connectivity index (χ2n) is 3.13. The van der Waals surface area contributed by atoms with Crippen LogP contribution in [-0.2, 0) is 14.3 Å². The zero-order valence-corrected chi connectivity index (χ0v) is 9.49. The maximum atomic E-state index is 11.6. The first-order chi connectivity index (χ1) is 7.15. The van der Waals surface area contributed by atoms with Crippen LogP contribution in [0.5, 0.6) is 0 Å². The Morgan fingerprint density at radius 3 is 2.53 bits per heavy atom. The van der Waals surface area contributed by atoms with Gasteiger partial charge in [-0.15, -0.1) is 6.58 Å². The average Bonchev–Trinajstić information content (AvgIpc) is 2.26. The number of rotatable bonds is 7. The third-order valence-electron chi connectivity index (χ3n) is 2.11. The van der Waals surface area contributed by atoms with Gasteiger partial charge in [0.15, 0.2) is 0 Å². The van der Waals surface area contributed by atoms with Gasteiger partial charge in [0.1, 0.15) is 0 Å². The molecule has 0 spiro atoms. The molecule has 0 bridgehead atoms. The van der Waals surface area contributed by atoms with Crippen LogP contribution >= 0.6 is 0 Å². The third kappa shape index (κ3) is 5.88. The van der Waals surface area contributed by atoms with Gasteiger partial charge in [-0.25, -0.2) is 0 Å². The highest BCUT2D eigenvalue weighted by Gasteiger charge is 2.12. The minimum atomic E-state index is -0.287. The quantitative estimate of drug-likeness (QED) is 0.474. The van der Waals surface area contributed by atoms with Crippen molar-refractivity contribution in [1.29, 1.82) is 0 Å². The average molecular weight is 213 g/mol. The van der Waals surface area contributed by atoms with E-state index >= 15 is 0 Å². The molecule has 4 nitrogen and oxygen atoms in total. The summed E-state index contributed by atoms with van der Waals surface area (Å²) in [4.78, 5) is 24.1. The second-order valence-corrected chi connectivity index (χ2v) is 3.13. The molecule has 0 N–H and O–H groups in total. The van der Waals surface area contributed by atoms with Crippen molar-refractivity contribution >= 4 is 11.9 Å². The number of hydrogen-bond donors (Lipinski definition) is 0. The molecule has 0 aromatic carbocycles. The van der Waals surface area contributed by atoms with Crippen LogP contribution in [0.15, 0.2) is 12.7 Å². The Labute approximate surface area is 90.9 Å². The SMILES string of the molecule is C=CCCC(=O)N(CC)CCC(=O)OC. The van der Waals surface area contributed by atoms with Gasteiger partial charge < -0.3 is 9.64 Å². The van der Waals surface area contributed by atoms with E-state index in [-0.39, 0.29) is 18.3 Å². The molecule has 0 aliphatic carbocycles. The van der Waals surface area contributed by atoms with Gasteiger partial charge in [0.25, 0.3) is 0 Å². The normalized spacial score (nSPS) is 9.47. The summed E-state index contributed by atoms with van der Waals surface area (Å²) in [6.45, 7) is 6.50. The second kappa shape index (κ2) is 8.03. The predicted molar refractivity (Wildman–Crippen MR) is 58.3 cm³/mol. The molecular weight excluding hydrogens is 194 g/mol. The Bertz CT molecular complexity index is 226. The highest BCUT2D eigenvalue weighted by molar-refractivity contribution is 5.77. The minimum Gasteiger partial charge on any atom is -0.469 e. The molecule has 0 unspecified atom stereocenters. The molecular formula is C11H19NO3. The van der Waals surface area contributed by atoms with Gasteiger partial charge in [-0.05, 0) is 13.3 Å². The van der Waals surface area contributed by atoms with Gasteiger partial charge in [0, 0.05) is 19.5 Å². The van der Waals surface area contributed by atoms with Crippen molar-refractivity contribution < 1.29 is 14.3 Å². The molecule has 0 radical (unpaired) electrons. The Balaban J connectivity index is 3.95. The summed E-state index contributed by atoms with van der Waals surface area (Å²) in [6, 6.07) is 0. The number of esters is 1. The highest BCUT2D eigenvalue weighted by Crippen LogP contribution is 2.00. The third-order valence-corrected chi connectivity index (χ3v) is 2.11. The Morgan fingerprint density at radius 2 is 2.07 bits per heavy atom. The zero-order valence-electron chi connectivity index (χ0n) is 9.49.